The number of benzene rings is 1. The first kappa shape index (κ1) is 27.0. The van der Waals surface area contributed by atoms with Crippen molar-refractivity contribution < 1.29 is 54.2 Å². The number of anilines is 1. The zero-order valence-corrected chi connectivity index (χ0v) is 16.7. The molecule has 1 aliphatic rings. The van der Waals surface area contributed by atoms with Gasteiger partial charge in [0.25, 0.3) is 0 Å². The van der Waals surface area contributed by atoms with Gasteiger partial charge in [0, 0.05) is 18.5 Å². The Morgan fingerprint density at radius 3 is 2.12 bits per heavy atom. The summed E-state index contributed by atoms with van der Waals surface area (Å²) in [7, 11) is 0. The number of nitrogens with one attached hydrogen (secondary N) is 3. The van der Waals surface area contributed by atoms with E-state index in [2.05, 4.69) is 21.0 Å². The highest BCUT2D eigenvalue weighted by atomic mass is 19.4. The van der Waals surface area contributed by atoms with Crippen LogP contribution >= 0.6 is 0 Å². The van der Waals surface area contributed by atoms with Crippen LogP contribution in [-0.4, -0.2) is 64.8 Å². The van der Waals surface area contributed by atoms with Gasteiger partial charge in [0.15, 0.2) is 5.82 Å². The average Bonchev–Trinajstić information content (AvgIpc) is 2.97. The highest BCUT2D eigenvalue weighted by molar-refractivity contribution is 5.92. The average molecular weight is 509 g/mol. The number of hydrogen-bond acceptors (Lipinski definition) is 5. The van der Waals surface area contributed by atoms with Crippen LogP contribution in [0.15, 0.2) is 18.2 Å². The van der Waals surface area contributed by atoms with Gasteiger partial charge in [-0.2, -0.15) is 44.6 Å². The van der Waals surface area contributed by atoms with Crippen molar-refractivity contribution in [2.75, 3.05) is 25.0 Å². The van der Waals surface area contributed by atoms with Crippen LogP contribution in [0.4, 0.5) is 45.3 Å². The van der Waals surface area contributed by atoms with E-state index >= 15 is 0 Å². The molecule has 0 unspecified atom stereocenters. The molecular weight excluding hydrogens is 493 g/mol. The molecule has 4 N–H and O–H groups in total. The van der Waals surface area contributed by atoms with Crippen molar-refractivity contribution in [1.82, 2.24) is 20.4 Å². The van der Waals surface area contributed by atoms with Gasteiger partial charge in [-0.1, -0.05) is 0 Å². The number of carbonyl (C=O) groups is 2. The van der Waals surface area contributed by atoms with Gasteiger partial charge in [-0.3, -0.25) is 9.48 Å². The molecule has 1 aromatic heterocycles. The monoisotopic (exact) mass is 509 g/mol. The molecule has 0 radical (unpaired) electrons. The number of rotatable bonds is 5. The molecule has 0 atom stereocenters. The highest BCUT2D eigenvalue weighted by Gasteiger charge is 2.38. The van der Waals surface area contributed by atoms with Crippen LogP contribution in [0, 0.1) is 0 Å². The SMILES string of the molecule is O=C(CNc1nn(CC(F)(F)F)c2ccc(C(F)(F)F)cc12)NC1CNC1.O=C(O)C(F)(F)F. The maximum atomic E-state index is 12.9. The molecule has 17 heteroatoms. The fourth-order valence-corrected chi connectivity index (χ4v) is 2.61. The summed E-state index contributed by atoms with van der Waals surface area (Å²) in [5.74, 6) is -3.42. The molecule has 1 saturated heterocycles. The van der Waals surface area contributed by atoms with Gasteiger partial charge in [-0.25, -0.2) is 4.79 Å². The zero-order valence-electron chi connectivity index (χ0n) is 16.7. The first-order valence-corrected chi connectivity index (χ1v) is 9.16. The summed E-state index contributed by atoms with van der Waals surface area (Å²) in [4.78, 5) is 20.7. The van der Waals surface area contributed by atoms with Crippen molar-refractivity contribution in [2.45, 2.75) is 31.1 Å². The second kappa shape index (κ2) is 9.94. The van der Waals surface area contributed by atoms with Gasteiger partial charge in [0.05, 0.1) is 23.7 Å². The van der Waals surface area contributed by atoms with Gasteiger partial charge in [-0.15, -0.1) is 0 Å². The molecule has 0 spiro atoms. The van der Waals surface area contributed by atoms with Crippen LogP contribution < -0.4 is 16.0 Å². The number of amides is 1. The fraction of sp³-hybridized carbons (Fsp3) is 0.471. The Bertz CT molecular complexity index is 1030. The Labute approximate surface area is 184 Å². The number of nitrogens with zero attached hydrogens (tertiary/aromatic N) is 2. The molecule has 1 aromatic carbocycles. The lowest BCUT2D eigenvalue weighted by Crippen LogP contribution is -2.57. The summed E-state index contributed by atoms with van der Waals surface area (Å²) >= 11 is 0. The number of carboxylic acids is 1. The van der Waals surface area contributed by atoms with E-state index in [0.29, 0.717) is 29.9 Å². The van der Waals surface area contributed by atoms with Crippen molar-refractivity contribution in [1.29, 1.82) is 0 Å². The number of fused-ring (bicyclic) bond motifs is 1. The highest BCUT2D eigenvalue weighted by Crippen LogP contribution is 2.34. The Morgan fingerprint density at radius 2 is 1.68 bits per heavy atom. The van der Waals surface area contributed by atoms with Gasteiger partial charge in [0.1, 0.15) is 6.54 Å². The zero-order chi connectivity index (χ0) is 25.9. The molecule has 2 heterocycles. The van der Waals surface area contributed by atoms with Gasteiger partial charge < -0.3 is 21.1 Å². The summed E-state index contributed by atoms with van der Waals surface area (Å²) < 4.78 is 109. The maximum Gasteiger partial charge on any atom is 0.490 e. The third-order valence-electron chi connectivity index (χ3n) is 4.21. The van der Waals surface area contributed by atoms with E-state index in [1.165, 1.54) is 0 Å². The van der Waals surface area contributed by atoms with Gasteiger partial charge in [-0.05, 0) is 18.2 Å². The van der Waals surface area contributed by atoms with Crippen molar-refractivity contribution in [2.24, 2.45) is 0 Å². The second-order valence-corrected chi connectivity index (χ2v) is 6.93. The van der Waals surface area contributed by atoms with Gasteiger partial charge >= 0.3 is 24.5 Å². The molecule has 190 valence electrons. The van der Waals surface area contributed by atoms with E-state index < -0.39 is 42.5 Å². The molecule has 1 amide bonds. The Hall–Kier alpha value is -3.24. The summed E-state index contributed by atoms with van der Waals surface area (Å²) in [5.41, 5.74) is -1.14. The van der Waals surface area contributed by atoms with Crippen LogP contribution in [0.2, 0.25) is 0 Å². The van der Waals surface area contributed by atoms with E-state index in [1.807, 2.05) is 0 Å². The quantitative estimate of drug-likeness (QED) is 0.462. The van der Waals surface area contributed by atoms with E-state index in [1.54, 1.807) is 0 Å². The molecule has 1 aliphatic heterocycles. The number of aromatic nitrogens is 2. The van der Waals surface area contributed by atoms with Crippen LogP contribution in [-0.2, 0) is 22.3 Å². The minimum atomic E-state index is -5.08. The molecule has 0 bridgehead atoms. The number of carboxylic acid groups (broad SMARTS) is 1. The molecule has 0 saturated carbocycles. The summed E-state index contributed by atoms with van der Waals surface area (Å²) in [6, 6.07) is 2.29. The fourth-order valence-electron chi connectivity index (χ4n) is 2.61. The Kier molecular flexibility index (Phi) is 7.90. The number of hydrogen-bond donors (Lipinski definition) is 4. The number of alkyl halides is 9. The van der Waals surface area contributed by atoms with Crippen LogP contribution in [0.3, 0.4) is 0 Å². The smallest absolute Gasteiger partial charge is 0.475 e. The molecule has 34 heavy (non-hydrogen) atoms. The van der Waals surface area contributed by atoms with Crippen molar-refractivity contribution in [3.05, 3.63) is 23.8 Å². The molecule has 0 aliphatic carbocycles. The maximum absolute atomic E-state index is 12.9. The first-order valence-electron chi connectivity index (χ1n) is 9.16. The number of carbonyl (C=O) groups excluding carboxylic acids is 1. The summed E-state index contributed by atoms with van der Waals surface area (Å²) in [6.07, 6.45) is -14.3. The molecular formula is C17H16F9N5O3. The van der Waals surface area contributed by atoms with Crippen LogP contribution in [0.5, 0.6) is 0 Å². The predicted octanol–water partition coefficient (Wildman–Crippen LogP) is 2.75. The topological polar surface area (TPSA) is 108 Å². The lowest BCUT2D eigenvalue weighted by Gasteiger charge is -2.27. The molecule has 2 aromatic rings. The van der Waals surface area contributed by atoms with Gasteiger partial charge in [0.2, 0.25) is 5.91 Å². The molecule has 8 nitrogen and oxygen atoms in total. The molecule has 1 fully saturated rings. The normalized spacial score (nSPS) is 14.7. The third kappa shape index (κ3) is 7.67. The lowest BCUT2D eigenvalue weighted by molar-refractivity contribution is -0.192. The van der Waals surface area contributed by atoms with E-state index in [4.69, 9.17) is 9.90 Å². The molecule has 3 rings (SSSR count). The number of halogens is 9. The van der Waals surface area contributed by atoms with Crippen molar-refractivity contribution >= 4 is 28.6 Å². The van der Waals surface area contributed by atoms with E-state index in [-0.39, 0.29) is 29.3 Å². The van der Waals surface area contributed by atoms with Crippen LogP contribution in [0.1, 0.15) is 5.56 Å². The summed E-state index contributed by atoms with van der Waals surface area (Å²) in [6.45, 7) is -0.588. The second-order valence-electron chi connectivity index (χ2n) is 6.93. The minimum absolute atomic E-state index is 0.0457. The predicted molar refractivity (Wildman–Crippen MR) is 97.8 cm³/mol. The summed E-state index contributed by atoms with van der Waals surface area (Å²) in [5, 5.41) is 18.8. The minimum Gasteiger partial charge on any atom is -0.475 e. The Balaban J connectivity index is 0.000000509. The first-order chi connectivity index (χ1) is 15.5. The largest absolute Gasteiger partial charge is 0.490 e. The van der Waals surface area contributed by atoms with Crippen molar-refractivity contribution in [3.63, 3.8) is 0 Å². The number of aliphatic carboxylic acids is 1. The third-order valence-corrected chi connectivity index (χ3v) is 4.21. The van der Waals surface area contributed by atoms with Crippen molar-refractivity contribution in [3.8, 4) is 0 Å². The Morgan fingerprint density at radius 1 is 1.09 bits per heavy atom. The lowest BCUT2D eigenvalue weighted by atomic mass is 10.1. The van der Waals surface area contributed by atoms with E-state index in [0.717, 1.165) is 6.07 Å². The standard InChI is InChI=1S/C15H15F6N5O.C2HF3O2/c16-14(17,18)7-26-11-2-1-8(15(19,20)21)3-10(11)13(25-26)23-6-12(27)24-9-4-22-5-9;3-2(4,5)1(6)7/h1-3,9,22H,4-7H2,(H,23,25)(H,24,27);(H,6,7). The van der Waals surface area contributed by atoms with E-state index in [9.17, 15) is 44.3 Å². The van der Waals surface area contributed by atoms with Crippen LogP contribution in [0.25, 0.3) is 10.9 Å².